The second-order valence-electron chi connectivity index (χ2n) is 5.17. The molecule has 108 valence electrons. The van der Waals surface area contributed by atoms with Crippen LogP contribution >= 0.6 is 0 Å². The predicted octanol–water partition coefficient (Wildman–Crippen LogP) is 4.07. The lowest BCUT2D eigenvalue weighted by Gasteiger charge is -2.13. The van der Waals surface area contributed by atoms with Gasteiger partial charge in [0.05, 0.1) is 18.7 Å². The van der Waals surface area contributed by atoms with E-state index < -0.39 is 0 Å². The van der Waals surface area contributed by atoms with E-state index in [1.807, 2.05) is 0 Å². The Morgan fingerprint density at radius 3 is 2.14 bits per heavy atom. The second kappa shape index (κ2) is 6.32. The molecule has 0 radical (unpaired) electrons. The van der Waals surface area contributed by atoms with E-state index in [0.717, 1.165) is 0 Å². The highest BCUT2D eigenvalue weighted by atomic mass is 16.5. The van der Waals surface area contributed by atoms with Crippen LogP contribution in [0.15, 0.2) is 30.3 Å². The Morgan fingerprint density at radius 2 is 1.57 bits per heavy atom. The fourth-order valence-electron chi connectivity index (χ4n) is 2.43. The number of hydrogen-bond donors (Lipinski definition) is 0. The minimum absolute atomic E-state index is 0.482. The number of methoxy groups -OCH3 is 1. The van der Waals surface area contributed by atoms with E-state index in [1.165, 1.54) is 22.3 Å². The van der Waals surface area contributed by atoms with E-state index in [1.54, 1.807) is 25.3 Å². The Morgan fingerprint density at radius 1 is 0.952 bits per heavy atom. The first kappa shape index (κ1) is 14.9. The summed E-state index contributed by atoms with van der Waals surface area (Å²) in [4.78, 5) is 0. The Balaban J connectivity index is 2.23. The third-order valence-electron chi connectivity index (χ3n) is 3.47. The summed E-state index contributed by atoms with van der Waals surface area (Å²) in [6, 6.07) is 11.6. The van der Waals surface area contributed by atoms with Gasteiger partial charge in [0.15, 0.2) is 0 Å². The van der Waals surface area contributed by atoms with Gasteiger partial charge in [-0.3, -0.25) is 0 Å². The van der Waals surface area contributed by atoms with Crippen molar-refractivity contribution in [2.45, 2.75) is 27.4 Å². The van der Waals surface area contributed by atoms with E-state index in [4.69, 9.17) is 14.7 Å². The van der Waals surface area contributed by atoms with Crippen molar-refractivity contribution in [3.8, 4) is 17.6 Å². The Kier molecular flexibility index (Phi) is 4.49. The van der Waals surface area contributed by atoms with Crippen molar-refractivity contribution >= 4 is 0 Å². The van der Waals surface area contributed by atoms with E-state index in [-0.39, 0.29) is 0 Å². The van der Waals surface area contributed by atoms with Crippen molar-refractivity contribution in [2.75, 3.05) is 7.11 Å². The Labute approximate surface area is 125 Å². The van der Waals surface area contributed by atoms with E-state index in [2.05, 4.69) is 39.0 Å². The molecule has 2 aromatic rings. The Hall–Kier alpha value is -2.47. The van der Waals surface area contributed by atoms with Crippen LogP contribution in [0.1, 0.15) is 27.8 Å². The molecule has 0 aliphatic heterocycles. The number of nitriles is 1. The number of rotatable bonds is 4. The molecule has 0 saturated heterocycles. The monoisotopic (exact) mass is 281 g/mol. The van der Waals surface area contributed by atoms with Gasteiger partial charge >= 0.3 is 0 Å². The van der Waals surface area contributed by atoms with Gasteiger partial charge in [0.2, 0.25) is 0 Å². The molecule has 0 saturated carbocycles. The summed E-state index contributed by atoms with van der Waals surface area (Å²) in [5, 5.41) is 9.02. The molecule has 0 amide bonds. The molecule has 0 aromatic heterocycles. The maximum atomic E-state index is 9.02. The van der Waals surface area contributed by atoms with Gasteiger partial charge in [0.25, 0.3) is 0 Å². The van der Waals surface area contributed by atoms with E-state index in [9.17, 15) is 0 Å². The van der Waals surface area contributed by atoms with Gasteiger partial charge < -0.3 is 9.47 Å². The molecule has 0 N–H and O–H groups in total. The fraction of sp³-hybridized carbons (Fsp3) is 0.278. The highest BCUT2D eigenvalue weighted by Crippen LogP contribution is 2.24. The first-order valence-corrected chi connectivity index (χ1v) is 6.82. The third-order valence-corrected chi connectivity index (χ3v) is 3.47. The third kappa shape index (κ3) is 3.55. The van der Waals surface area contributed by atoms with Crippen LogP contribution in [0, 0.1) is 32.1 Å². The van der Waals surface area contributed by atoms with Gasteiger partial charge in [0, 0.05) is 6.07 Å². The molecule has 0 aliphatic carbocycles. The zero-order chi connectivity index (χ0) is 15.4. The summed E-state index contributed by atoms with van der Waals surface area (Å²) < 4.78 is 11.0. The molecule has 21 heavy (non-hydrogen) atoms. The molecule has 0 aliphatic rings. The molecule has 3 heteroatoms. The van der Waals surface area contributed by atoms with Crippen LogP contribution in [0.5, 0.6) is 11.5 Å². The summed E-state index contributed by atoms with van der Waals surface area (Å²) in [5.74, 6) is 1.27. The van der Waals surface area contributed by atoms with Crippen LogP contribution in [0.4, 0.5) is 0 Å². The molecule has 0 spiro atoms. The summed E-state index contributed by atoms with van der Waals surface area (Å²) in [6.45, 7) is 6.75. The molecule has 0 atom stereocenters. The van der Waals surface area contributed by atoms with Gasteiger partial charge in [-0.25, -0.2) is 0 Å². The first-order chi connectivity index (χ1) is 10.0. The van der Waals surface area contributed by atoms with Gasteiger partial charge in [-0.2, -0.15) is 5.26 Å². The van der Waals surface area contributed by atoms with Gasteiger partial charge in [-0.15, -0.1) is 0 Å². The van der Waals surface area contributed by atoms with Crippen molar-refractivity contribution in [3.05, 3.63) is 58.1 Å². The summed E-state index contributed by atoms with van der Waals surface area (Å²) >= 11 is 0. The highest BCUT2D eigenvalue weighted by molar-refractivity contribution is 5.44. The van der Waals surface area contributed by atoms with Crippen LogP contribution in [-0.2, 0) is 6.61 Å². The van der Waals surface area contributed by atoms with Crippen LogP contribution in [0.25, 0.3) is 0 Å². The normalized spacial score (nSPS) is 10.0. The second-order valence-corrected chi connectivity index (χ2v) is 5.17. The smallest absolute Gasteiger partial charge is 0.124 e. The molecular weight excluding hydrogens is 262 g/mol. The number of hydrogen-bond acceptors (Lipinski definition) is 3. The maximum absolute atomic E-state index is 9.02. The zero-order valence-corrected chi connectivity index (χ0v) is 12.9. The molecule has 0 bridgehead atoms. The molecule has 2 aromatic carbocycles. The number of benzene rings is 2. The lowest BCUT2D eigenvalue weighted by molar-refractivity contribution is 0.302. The van der Waals surface area contributed by atoms with Crippen molar-refractivity contribution in [2.24, 2.45) is 0 Å². The summed E-state index contributed by atoms with van der Waals surface area (Å²) in [5.41, 5.74) is 5.40. The molecule has 2 rings (SSSR count). The molecule has 0 unspecified atom stereocenters. The fourth-order valence-corrected chi connectivity index (χ4v) is 2.43. The van der Waals surface area contributed by atoms with Crippen molar-refractivity contribution in [3.63, 3.8) is 0 Å². The van der Waals surface area contributed by atoms with Crippen LogP contribution in [-0.4, -0.2) is 7.11 Å². The van der Waals surface area contributed by atoms with Gasteiger partial charge in [0.1, 0.15) is 18.1 Å². The molecular formula is C18H19NO2. The minimum Gasteiger partial charge on any atom is -0.497 e. The van der Waals surface area contributed by atoms with Gasteiger partial charge in [-0.1, -0.05) is 17.7 Å². The average molecular weight is 281 g/mol. The lowest BCUT2D eigenvalue weighted by atomic mass is 10.0. The molecule has 0 fully saturated rings. The van der Waals surface area contributed by atoms with Crippen molar-refractivity contribution < 1.29 is 9.47 Å². The van der Waals surface area contributed by atoms with Crippen LogP contribution in [0.2, 0.25) is 0 Å². The highest BCUT2D eigenvalue weighted by Gasteiger charge is 2.07. The predicted molar refractivity (Wildman–Crippen MR) is 82.7 cm³/mol. The first-order valence-electron chi connectivity index (χ1n) is 6.82. The maximum Gasteiger partial charge on any atom is 0.124 e. The summed E-state index contributed by atoms with van der Waals surface area (Å²) in [7, 11) is 1.58. The van der Waals surface area contributed by atoms with Gasteiger partial charge in [-0.05, 0) is 49.6 Å². The standard InChI is InChI=1S/C18H19NO2/c1-12-5-13(2)18(14(3)6-12)11-21-17-8-15(10-19)7-16(9-17)20-4/h5-9H,11H2,1-4H3. The van der Waals surface area contributed by atoms with E-state index >= 15 is 0 Å². The Bertz CT molecular complexity index is 676. The average Bonchev–Trinajstić information content (AvgIpc) is 2.45. The van der Waals surface area contributed by atoms with Crippen molar-refractivity contribution in [1.82, 2.24) is 0 Å². The minimum atomic E-state index is 0.482. The SMILES string of the molecule is COc1cc(C#N)cc(OCc2c(C)cc(C)cc2C)c1. The number of nitrogens with zero attached hydrogens (tertiary/aromatic N) is 1. The number of ether oxygens (including phenoxy) is 2. The van der Waals surface area contributed by atoms with Crippen molar-refractivity contribution in [1.29, 1.82) is 5.26 Å². The quantitative estimate of drug-likeness (QED) is 0.848. The van der Waals surface area contributed by atoms with Crippen LogP contribution in [0.3, 0.4) is 0 Å². The number of aryl methyl sites for hydroxylation is 3. The summed E-state index contributed by atoms with van der Waals surface area (Å²) in [6.07, 6.45) is 0. The lowest BCUT2D eigenvalue weighted by Crippen LogP contribution is -2.02. The largest absolute Gasteiger partial charge is 0.497 e. The molecule has 0 heterocycles. The molecule has 3 nitrogen and oxygen atoms in total. The zero-order valence-electron chi connectivity index (χ0n) is 12.9. The van der Waals surface area contributed by atoms with E-state index in [0.29, 0.717) is 23.7 Å². The topological polar surface area (TPSA) is 42.2 Å². The van der Waals surface area contributed by atoms with Crippen LogP contribution < -0.4 is 9.47 Å².